The van der Waals surface area contributed by atoms with Gasteiger partial charge in [-0.1, -0.05) is 26.0 Å². The third-order valence-electron chi connectivity index (χ3n) is 2.00. The fourth-order valence-electron chi connectivity index (χ4n) is 0.986. The predicted octanol–water partition coefficient (Wildman–Crippen LogP) is 2.70. The topological polar surface area (TPSA) is 33.4 Å². The van der Waals surface area contributed by atoms with Crippen LogP contribution in [-0.4, -0.2) is 11.2 Å². The Hall–Kier alpha value is -1.02. The highest BCUT2D eigenvalue weighted by Crippen LogP contribution is 2.08. The predicted molar refractivity (Wildman–Crippen MR) is 53.2 cm³/mol. The second-order valence-corrected chi connectivity index (χ2v) is 3.51. The van der Waals surface area contributed by atoms with Crippen LogP contribution in [-0.2, 0) is 0 Å². The van der Waals surface area contributed by atoms with Gasteiger partial charge in [-0.2, -0.15) is 0 Å². The van der Waals surface area contributed by atoms with Crippen molar-refractivity contribution in [3.63, 3.8) is 0 Å². The molecular formula is C11H16O2. The van der Waals surface area contributed by atoms with Gasteiger partial charge in [0.1, 0.15) is 0 Å². The molecule has 1 N–H and O–H groups in total. The van der Waals surface area contributed by atoms with Gasteiger partial charge in [-0.05, 0) is 18.4 Å². The zero-order chi connectivity index (χ0) is 9.68. The first-order valence-electron chi connectivity index (χ1n) is 4.57. The molecule has 0 radical (unpaired) electrons. The van der Waals surface area contributed by atoms with E-state index in [1.807, 2.05) is 32.1 Å². The fourth-order valence-corrected chi connectivity index (χ4v) is 0.986. The molecule has 0 aromatic carbocycles. The maximum Gasteiger partial charge on any atom is 0.0974 e. The van der Waals surface area contributed by atoms with Gasteiger partial charge in [0, 0.05) is 5.56 Å². The van der Waals surface area contributed by atoms with Crippen LogP contribution in [0.4, 0.5) is 0 Å². The first kappa shape index (κ1) is 10.1. The lowest BCUT2D eigenvalue weighted by molar-refractivity contribution is 0.128. The zero-order valence-corrected chi connectivity index (χ0v) is 8.10. The van der Waals surface area contributed by atoms with Gasteiger partial charge in [0.2, 0.25) is 0 Å². The molecule has 0 fully saturated rings. The van der Waals surface area contributed by atoms with E-state index in [9.17, 15) is 5.11 Å². The van der Waals surface area contributed by atoms with E-state index in [1.54, 1.807) is 12.5 Å². The van der Waals surface area contributed by atoms with Crippen LogP contribution in [0, 0.1) is 5.92 Å². The summed E-state index contributed by atoms with van der Waals surface area (Å²) in [6.45, 7) is 4.02. The van der Waals surface area contributed by atoms with Crippen LogP contribution in [0.1, 0.15) is 25.8 Å². The minimum Gasteiger partial charge on any atom is -0.472 e. The van der Waals surface area contributed by atoms with E-state index in [0.717, 1.165) is 5.56 Å². The molecule has 0 saturated heterocycles. The molecule has 0 spiro atoms. The van der Waals surface area contributed by atoms with Crippen LogP contribution in [0.25, 0.3) is 6.08 Å². The molecule has 1 aromatic heterocycles. The maximum atomic E-state index is 9.48. The SMILES string of the molecule is CC(C)C(O)C/C=C/c1ccoc1. The summed E-state index contributed by atoms with van der Waals surface area (Å²) in [7, 11) is 0. The molecule has 0 aliphatic rings. The summed E-state index contributed by atoms with van der Waals surface area (Å²) in [5.74, 6) is 0.314. The molecule has 2 heteroatoms. The van der Waals surface area contributed by atoms with Crippen LogP contribution in [0.15, 0.2) is 29.1 Å². The van der Waals surface area contributed by atoms with Gasteiger partial charge in [-0.3, -0.25) is 0 Å². The van der Waals surface area contributed by atoms with E-state index in [1.165, 1.54) is 0 Å². The summed E-state index contributed by atoms with van der Waals surface area (Å²) in [5, 5.41) is 9.48. The summed E-state index contributed by atoms with van der Waals surface area (Å²) in [4.78, 5) is 0. The molecule has 2 nitrogen and oxygen atoms in total. The second-order valence-electron chi connectivity index (χ2n) is 3.51. The number of furan rings is 1. The van der Waals surface area contributed by atoms with Crippen LogP contribution < -0.4 is 0 Å². The van der Waals surface area contributed by atoms with Crippen molar-refractivity contribution in [2.24, 2.45) is 5.92 Å². The van der Waals surface area contributed by atoms with E-state index in [-0.39, 0.29) is 6.10 Å². The molecular weight excluding hydrogens is 164 g/mol. The Balaban J connectivity index is 2.34. The van der Waals surface area contributed by atoms with Crippen molar-refractivity contribution in [1.82, 2.24) is 0 Å². The smallest absolute Gasteiger partial charge is 0.0974 e. The minimum absolute atomic E-state index is 0.247. The standard InChI is InChI=1S/C11H16O2/c1-9(2)11(12)5-3-4-10-6-7-13-8-10/h3-4,6-9,11-12H,5H2,1-2H3/b4-3+. The van der Waals surface area contributed by atoms with Gasteiger partial charge < -0.3 is 9.52 Å². The van der Waals surface area contributed by atoms with E-state index in [2.05, 4.69) is 0 Å². The average molecular weight is 180 g/mol. The summed E-state index contributed by atoms with van der Waals surface area (Å²) in [6, 6.07) is 1.89. The van der Waals surface area contributed by atoms with Crippen LogP contribution >= 0.6 is 0 Å². The Morgan fingerprint density at radius 1 is 1.54 bits per heavy atom. The molecule has 0 aliphatic carbocycles. The number of hydrogen-bond donors (Lipinski definition) is 1. The Morgan fingerprint density at radius 3 is 2.85 bits per heavy atom. The maximum absolute atomic E-state index is 9.48. The molecule has 1 heterocycles. The fraction of sp³-hybridized carbons (Fsp3) is 0.455. The highest BCUT2D eigenvalue weighted by Gasteiger charge is 2.05. The highest BCUT2D eigenvalue weighted by molar-refractivity contribution is 5.46. The second kappa shape index (κ2) is 4.87. The van der Waals surface area contributed by atoms with Crippen LogP contribution in [0.3, 0.4) is 0 Å². The number of aliphatic hydroxyl groups is 1. The largest absolute Gasteiger partial charge is 0.472 e. The van der Waals surface area contributed by atoms with E-state index >= 15 is 0 Å². The molecule has 0 saturated carbocycles. The Morgan fingerprint density at radius 2 is 2.31 bits per heavy atom. The quantitative estimate of drug-likeness (QED) is 0.772. The zero-order valence-electron chi connectivity index (χ0n) is 8.10. The first-order chi connectivity index (χ1) is 6.20. The number of aliphatic hydroxyl groups excluding tert-OH is 1. The van der Waals surface area contributed by atoms with Gasteiger partial charge in [0.15, 0.2) is 0 Å². The normalized spacial score (nSPS) is 14.2. The van der Waals surface area contributed by atoms with Crippen LogP contribution in [0.2, 0.25) is 0 Å². The first-order valence-corrected chi connectivity index (χ1v) is 4.57. The highest BCUT2D eigenvalue weighted by atomic mass is 16.3. The third-order valence-corrected chi connectivity index (χ3v) is 2.00. The van der Waals surface area contributed by atoms with Crippen LogP contribution in [0.5, 0.6) is 0 Å². The lowest BCUT2D eigenvalue weighted by atomic mass is 10.0. The molecule has 0 amide bonds. The molecule has 13 heavy (non-hydrogen) atoms. The molecule has 1 rings (SSSR count). The molecule has 0 bridgehead atoms. The molecule has 1 atom stereocenters. The summed E-state index contributed by atoms with van der Waals surface area (Å²) < 4.78 is 4.91. The van der Waals surface area contributed by atoms with E-state index < -0.39 is 0 Å². The van der Waals surface area contributed by atoms with Gasteiger partial charge in [0.25, 0.3) is 0 Å². The lowest BCUT2D eigenvalue weighted by Crippen LogP contribution is -2.12. The Labute approximate surface area is 78.9 Å². The third kappa shape index (κ3) is 3.47. The summed E-state index contributed by atoms with van der Waals surface area (Å²) in [6.07, 6.45) is 7.69. The lowest BCUT2D eigenvalue weighted by Gasteiger charge is -2.10. The monoisotopic (exact) mass is 180 g/mol. The van der Waals surface area contributed by atoms with Gasteiger partial charge >= 0.3 is 0 Å². The van der Waals surface area contributed by atoms with E-state index in [0.29, 0.717) is 12.3 Å². The summed E-state index contributed by atoms with van der Waals surface area (Å²) in [5.41, 5.74) is 1.04. The van der Waals surface area contributed by atoms with Gasteiger partial charge in [-0.25, -0.2) is 0 Å². The van der Waals surface area contributed by atoms with Gasteiger partial charge in [0.05, 0.1) is 18.6 Å². The van der Waals surface area contributed by atoms with Crippen molar-refractivity contribution in [3.05, 3.63) is 30.2 Å². The number of hydrogen-bond acceptors (Lipinski definition) is 2. The number of rotatable bonds is 4. The van der Waals surface area contributed by atoms with Crippen molar-refractivity contribution < 1.29 is 9.52 Å². The average Bonchev–Trinajstić information content (AvgIpc) is 2.56. The Bertz CT molecular complexity index is 247. The molecule has 1 unspecified atom stereocenters. The molecule has 1 aromatic rings. The van der Waals surface area contributed by atoms with E-state index in [4.69, 9.17) is 4.42 Å². The Kier molecular flexibility index (Phi) is 3.77. The van der Waals surface area contributed by atoms with Crippen molar-refractivity contribution in [1.29, 1.82) is 0 Å². The molecule has 0 aliphatic heterocycles. The van der Waals surface area contributed by atoms with Crippen molar-refractivity contribution in [2.45, 2.75) is 26.4 Å². The minimum atomic E-state index is -0.247. The molecule has 72 valence electrons. The summed E-state index contributed by atoms with van der Waals surface area (Å²) >= 11 is 0. The van der Waals surface area contributed by atoms with Crippen molar-refractivity contribution >= 4 is 6.08 Å². The van der Waals surface area contributed by atoms with Crippen molar-refractivity contribution in [2.75, 3.05) is 0 Å². The van der Waals surface area contributed by atoms with Gasteiger partial charge in [-0.15, -0.1) is 0 Å². The van der Waals surface area contributed by atoms with Crippen molar-refractivity contribution in [3.8, 4) is 0 Å².